The number of rotatable bonds is 7. The molecule has 1 spiro atoms. The maximum absolute atomic E-state index is 12.2. The Morgan fingerprint density at radius 3 is 2.69 bits per heavy atom. The number of carbonyl (C=O) groups is 1. The van der Waals surface area contributed by atoms with Crippen LogP contribution in [0.3, 0.4) is 0 Å². The lowest BCUT2D eigenvalue weighted by atomic mass is 9.74. The number of piperidine rings is 1. The summed E-state index contributed by atoms with van der Waals surface area (Å²) in [7, 11) is 1.57. The normalized spacial score (nSPS) is 26.5. The van der Waals surface area contributed by atoms with Gasteiger partial charge in [-0.1, -0.05) is 13.3 Å². The van der Waals surface area contributed by atoms with E-state index in [-0.39, 0.29) is 24.5 Å². The van der Waals surface area contributed by atoms with Gasteiger partial charge in [0.15, 0.2) is 0 Å². The topological polar surface area (TPSA) is 96.8 Å². The molecule has 0 unspecified atom stereocenters. The number of nitrogens with one attached hydrogen (secondary N) is 1. The number of anilines is 1. The second-order valence-corrected chi connectivity index (χ2v) is 8.52. The molecule has 8 heteroatoms. The standard InChI is InChI=1S/C21H34N4O4/c1-4-5-16-12-22-19(23-13-16)25-9-7-21(8-10-25)15-20(2,17(26)14-29-21)24-18(27)6-11-28-3/h12-13,17,26H,4-11,14-15H2,1-3H3,(H,24,27)/t17-,20-/m1/s1. The van der Waals surface area contributed by atoms with Gasteiger partial charge < -0.3 is 24.8 Å². The van der Waals surface area contributed by atoms with E-state index in [4.69, 9.17) is 9.47 Å². The first-order valence-corrected chi connectivity index (χ1v) is 10.6. The Bertz CT molecular complexity index is 676. The molecule has 1 aromatic heterocycles. The average molecular weight is 407 g/mol. The summed E-state index contributed by atoms with van der Waals surface area (Å²) >= 11 is 0. The van der Waals surface area contributed by atoms with E-state index in [0.29, 0.717) is 13.0 Å². The Balaban J connectivity index is 1.61. The average Bonchev–Trinajstić information content (AvgIpc) is 2.71. The van der Waals surface area contributed by atoms with Crippen LogP contribution in [0.15, 0.2) is 12.4 Å². The van der Waals surface area contributed by atoms with Crippen LogP contribution in [0.5, 0.6) is 0 Å². The molecular weight excluding hydrogens is 372 g/mol. The lowest BCUT2D eigenvalue weighted by Crippen LogP contribution is -2.65. The van der Waals surface area contributed by atoms with Gasteiger partial charge in [-0.2, -0.15) is 0 Å². The van der Waals surface area contributed by atoms with Crippen LogP contribution in [0.4, 0.5) is 5.95 Å². The molecule has 2 N–H and O–H groups in total. The predicted octanol–water partition coefficient (Wildman–Crippen LogP) is 1.46. The zero-order valence-electron chi connectivity index (χ0n) is 17.8. The fourth-order valence-corrected chi connectivity index (χ4v) is 4.35. The highest BCUT2D eigenvalue weighted by Crippen LogP contribution is 2.40. The SMILES string of the molecule is CCCc1cnc(N2CCC3(CC2)C[C@@](C)(NC(=O)CCOC)[C@H](O)CO3)nc1. The minimum absolute atomic E-state index is 0.108. The molecule has 0 aromatic carbocycles. The molecule has 3 heterocycles. The van der Waals surface area contributed by atoms with Gasteiger partial charge in [0.1, 0.15) is 6.10 Å². The highest BCUT2D eigenvalue weighted by atomic mass is 16.5. The molecular formula is C21H34N4O4. The first kappa shape index (κ1) is 21.9. The Morgan fingerprint density at radius 2 is 2.07 bits per heavy atom. The smallest absolute Gasteiger partial charge is 0.225 e. The van der Waals surface area contributed by atoms with Crippen LogP contribution >= 0.6 is 0 Å². The van der Waals surface area contributed by atoms with Crippen LogP contribution in [0.1, 0.15) is 51.5 Å². The van der Waals surface area contributed by atoms with E-state index in [1.807, 2.05) is 19.3 Å². The third-order valence-corrected chi connectivity index (χ3v) is 6.12. The van der Waals surface area contributed by atoms with Gasteiger partial charge in [0.05, 0.1) is 24.4 Å². The molecule has 162 valence electrons. The lowest BCUT2D eigenvalue weighted by Gasteiger charge is -2.52. The predicted molar refractivity (Wildman–Crippen MR) is 110 cm³/mol. The van der Waals surface area contributed by atoms with Crippen LogP contribution in [0, 0.1) is 0 Å². The molecule has 2 saturated heterocycles. The summed E-state index contributed by atoms with van der Waals surface area (Å²) in [5, 5.41) is 13.5. The van der Waals surface area contributed by atoms with Gasteiger partial charge >= 0.3 is 0 Å². The van der Waals surface area contributed by atoms with Gasteiger partial charge in [-0.25, -0.2) is 9.97 Å². The summed E-state index contributed by atoms with van der Waals surface area (Å²) in [5.41, 5.74) is 0.111. The van der Waals surface area contributed by atoms with Crippen molar-refractivity contribution >= 4 is 11.9 Å². The van der Waals surface area contributed by atoms with Gasteiger partial charge in [-0.3, -0.25) is 4.79 Å². The highest BCUT2D eigenvalue weighted by molar-refractivity contribution is 5.77. The number of hydrogen-bond donors (Lipinski definition) is 2. The fraction of sp³-hybridized carbons (Fsp3) is 0.762. The van der Waals surface area contributed by atoms with E-state index in [1.54, 1.807) is 7.11 Å². The second kappa shape index (κ2) is 9.36. The summed E-state index contributed by atoms with van der Waals surface area (Å²) in [6.45, 7) is 6.23. The van der Waals surface area contributed by atoms with Crippen LogP contribution < -0.4 is 10.2 Å². The largest absolute Gasteiger partial charge is 0.388 e. The van der Waals surface area contributed by atoms with Crippen molar-refractivity contribution < 1.29 is 19.4 Å². The number of hydrogen-bond acceptors (Lipinski definition) is 7. The Kier molecular flexibility index (Phi) is 7.08. The number of methoxy groups -OCH3 is 1. The Morgan fingerprint density at radius 1 is 1.38 bits per heavy atom. The zero-order chi connectivity index (χ0) is 20.9. The zero-order valence-corrected chi connectivity index (χ0v) is 17.8. The van der Waals surface area contributed by atoms with Crippen LogP contribution in [0.2, 0.25) is 0 Å². The van der Waals surface area contributed by atoms with Crippen molar-refractivity contribution in [1.29, 1.82) is 0 Å². The molecule has 1 amide bonds. The summed E-state index contributed by atoms with van der Waals surface area (Å²) in [4.78, 5) is 23.5. The van der Waals surface area contributed by atoms with Gasteiger partial charge in [0.25, 0.3) is 0 Å². The monoisotopic (exact) mass is 406 g/mol. The van der Waals surface area contributed by atoms with Crippen molar-refractivity contribution in [3.63, 3.8) is 0 Å². The molecule has 0 radical (unpaired) electrons. The molecule has 2 aliphatic rings. The molecule has 0 aliphatic carbocycles. The molecule has 0 saturated carbocycles. The fourth-order valence-electron chi connectivity index (χ4n) is 4.35. The number of aliphatic hydroxyl groups excluding tert-OH is 1. The molecule has 1 aromatic rings. The quantitative estimate of drug-likeness (QED) is 0.708. The summed E-state index contributed by atoms with van der Waals surface area (Å²) in [5.74, 6) is 0.648. The van der Waals surface area contributed by atoms with Crippen molar-refractivity contribution in [2.45, 2.75) is 69.6 Å². The van der Waals surface area contributed by atoms with E-state index < -0.39 is 11.6 Å². The van der Waals surface area contributed by atoms with Gasteiger partial charge in [-0.15, -0.1) is 0 Å². The molecule has 8 nitrogen and oxygen atoms in total. The Labute approximate surface area is 173 Å². The maximum atomic E-state index is 12.2. The van der Waals surface area contributed by atoms with Crippen LogP contribution in [-0.4, -0.2) is 71.6 Å². The first-order chi connectivity index (χ1) is 13.9. The van der Waals surface area contributed by atoms with E-state index in [1.165, 1.54) is 0 Å². The molecule has 29 heavy (non-hydrogen) atoms. The highest BCUT2D eigenvalue weighted by Gasteiger charge is 2.50. The van der Waals surface area contributed by atoms with Gasteiger partial charge in [0, 0.05) is 45.4 Å². The van der Waals surface area contributed by atoms with Crippen LogP contribution in [-0.2, 0) is 20.7 Å². The van der Waals surface area contributed by atoms with E-state index >= 15 is 0 Å². The minimum atomic E-state index is -0.730. The number of nitrogens with zero attached hydrogens (tertiary/aromatic N) is 3. The van der Waals surface area contributed by atoms with E-state index in [9.17, 15) is 9.90 Å². The van der Waals surface area contributed by atoms with Crippen LogP contribution in [0.25, 0.3) is 0 Å². The van der Waals surface area contributed by atoms with Crippen molar-refractivity contribution in [2.75, 3.05) is 38.3 Å². The van der Waals surface area contributed by atoms with Crippen molar-refractivity contribution in [2.24, 2.45) is 0 Å². The Hall–Kier alpha value is -1.77. The number of aromatic nitrogens is 2. The molecule has 0 bridgehead atoms. The van der Waals surface area contributed by atoms with E-state index in [0.717, 1.165) is 50.3 Å². The number of carbonyl (C=O) groups excluding carboxylic acids is 1. The lowest BCUT2D eigenvalue weighted by molar-refractivity contribution is -0.172. The second-order valence-electron chi connectivity index (χ2n) is 8.52. The van der Waals surface area contributed by atoms with Crippen molar-refractivity contribution in [3.8, 4) is 0 Å². The number of aliphatic hydroxyl groups is 1. The molecule has 2 atom stereocenters. The summed E-state index contributed by atoms with van der Waals surface area (Å²) in [6, 6.07) is 0. The molecule has 3 rings (SSSR count). The van der Waals surface area contributed by atoms with Gasteiger partial charge in [-0.05, 0) is 31.7 Å². The number of ether oxygens (including phenoxy) is 2. The maximum Gasteiger partial charge on any atom is 0.225 e. The molecule has 2 fully saturated rings. The third kappa shape index (κ3) is 5.24. The number of aryl methyl sites for hydroxylation is 1. The van der Waals surface area contributed by atoms with Crippen molar-refractivity contribution in [1.82, 2.24) is 15.3 Å². The van der Waals surface area contributed by atoms with Crippen molar-refractivity contribution in [3.05, 3.63) is 18.0 Å². The summed E-state index contributed by atoms with van der Waals surface area (Å²) < 4.78 is 11.1. The first-order valence-electron chi connectivity index (χ1n) is 10.6. The minimum Gasteiger partial charge on any atom is -0.388 e. The molecule has 2 aliphatic heterocycles. The number of amides is 1. The van der Waals surface area contributed by atoms with Gasteiger partial charge in [0.2, 0.25) is 11.9 Å². The summed E-state index contributed by atoms with van der Waals surface area (Å²) in [6.07, 6.45) is 7.66. The third-order valence-electron chi connectivity index (χ3n) is 6.12. The van der Waals surface area contributed by atoms with E-state index in [2.05, 4.69) is 27.1 Å².